The lowest BCUT2D eigenvalue weighted by molar-refractivity contribution is -0.137. The summed E-state index contributed by atoms with van der Waals surface area (Å²) in [6, 6.07) is 5.69. The highest BCUT2D eigenvalue weighted by Crippen LogP contribution is 2.38. The zero-order valence-electron chi connectivity index (χ0n) is 18.5. The molecule has 0 aromatic heterocycles. The van der Waals surface area contributed by atoms with E-state index in [4.69, 9.17) is 14.5 Å². The Kier molecular flexibility index (Phi) is 8.22. The van der Waals surface area contributed by atoms with Crippen LogP contribution in [0.4, 0.5) is 13.2 Å². The van der Waals surface area contributed by atoms with Gasteiger partial charge in [0.1, 0.15) is 0 Å². The number of nitrogens with one attached hydrogen (secondary N) is 1. The molecule has 0 bridgehead atoms. The monoisotopic (exact) mass is 441 g/mol. The van der Waals surface area contributed by atoms with Crippen LogP contribution in [-0.2, 0) is 21.1 Å². The van der Waals surface area contributed by atoms with Crippen LogP contribution in [0.25, 0.3) is 0 Å². The Bertz CT molecular complexity index is 729. The summed E-state index contributed by atoms with van der Waals surface area (Å²) >= 11 is 0. The van der Waals surface area contributed by atoms with E-state index in [1.807, 2.05) is 18.9 Å². The maximum Gasteiger partial charge on any atom is 0.416 e. The van der Waals surface area contributed by atoms with Crippen molar-refractivity contribution in [3.63, 3.8) is 0 Å². The van der Waals surface area contributed by atoms with E-state index in [1.165, 1.54) is 25.0 Å². The maximum atomic E-state index is 13.3. The quantitative estimate of drug-likeness (QED) is 0.356. The van der Waals surface area contributed by atoms with Gasteiger partial charge in [-0.3, -0.25) is 4.99 Å². The molecule has 1 aromatic rings. The van der Waals surface area contributed by atoms with Crippen LogP contribution in [0.2, 0.25) is 0 Å². The second-order valence-electron chi connectivity index (χ2n) is 8.58. The molecule has 1 saturated carbocycles. The highest BCUT2D eigenvalue weighted by atomic mass is 19.4. The number of halogens is 3. The largest absolute Gasteiger partial charge is 0.416 e. The molecule has 1 N–H and O–H groups in total. The van der Waals surface area contributed by atoms with Gasteiger partial charge in [0.05, 0.1) is 18.7 Å². The van der Waals surface area contributed by atoms with Crippen molar-refractivity contribution in [3.05, 3.63) is 35.4 Å². The molecule has 1 saturated heterocycles. The number of likely N-dealkylation sites (N-methyl/N-ethyl adjacent to an activating group) is 1. The zero-order valence-corrected chi connectivity index (χ0v) is 18.5. The van der Waals surface area contributed by atoms with Gasteiger partial charge in [0, 0.05) is 45.4 Å². The molecule has 5 nitrogen and oxygen atoms in total. The van der Waals surface area contributed by atoms with Crippen LogP contribution in [0.15, 0.2) is 29.3 Å². The lowest BCUT2D eigenvalue weighted by Gasteiger charge is -2.37. The molecule has 8 heteroatoms. The molecule has 0 amide bonds. The average molecular weight is 442 g/mol. The van der Waals surface area contributed by atoms with Gasteiger partial charge in [0.25, 0.3) is 0 Å². The van der Waals surface area contributed by atoms with E-state index in [0.717, 1.165) is 24.6 Å². The number of benzene rings is 1. The van der Waals surface area contributed by atoms with Gasteiger partial charge in [-0.05, 0) is 50.2 Å². The smallest absolute Gasteiger partial charge is 0.381 e. The molecule has 0 unspecified atom stereocenters. The standard InChI is InChI=1S/C23H34F3N3O2/c1-3-27-21(29(2)11-14-31-16-18-7-8-18)28-17-22(9-12-30-13-10-22)19-5-4-6-20(15-19)23(24,25)26/h4-6,15,18H,3,7-14,16-17H2,1-2H3,(H,27,28). The number of hydrogen-bond acceptors (Lipinski definition) is 3. The molecule has 0 radical (unpaired) electrons. The molecule has 1 aliphatic carbocycles. The summed E-state index contributed by atoms with van der Waals surface area (Å²) in [5.41, 5.74) is -0.402. The van der Waals surface area contributed by atoms with Crippen LogP contribution in [0.1, 0.15) is 43.7 Å². The van der Waals surface area contributed by atoms with E-state index in [1.54, 1.807) is 6.07 Å². The third-order valence-corrected chi connectivity index (χ3v) is 6.10. The van der Waals surface area contributed by atoms with Crippen LogP contribution in [-0.4, -0.2) is 64.0 Å². The number of guanidine groups is 1. The zero-order chi connectivity index (χ0) is 22.3. The third kappa shape index (κ3) is 6.84. The van der Waals surface area contributed by atoms with Gasteiger partial charge in [0.15, 0.2) is 5.96 Å². The summed E-state index contributed by atoms with van der Waals surface area (Å²) in [7, 11) is 1.96. The second kappa shape index (κ2) is 10.7. The number of rotatable bonds is 9. The summed E-state index contributed by atoms with van der Waals surface area (Å²) in [4.78, 5) is 6.87. The number of aliphatic imine (C=N–C) groups is 1. The average Bonchev–Trinajstić information content (AvgIpc) is 3.59. The number of nitrogens with zero attached hydrogens (tertiary/aromatic N) is 2. The minimum Gasteiger partial charge on any atom is -0.381 e. The number of ether oxygens (including phenoxy) is 2. The highest BCUT2D eigenvalue weighted by molar-refractivity contribution is 5.79. The first-order valence-corrected chi connectivity index (χ1v) is 11.2. The Morgan fingerprint density at radius 3 is 2.68 bits per heavy atom. The summed E-state index contributed by atoms with van der Waals surface area (Å²) in [6.45, 7) is 6.33. The predicted molar refractivity (Wildman–Crippen MR) is 115 cm³/mol. The van der Waals surface area contributed by atoms with Crippen LogP contribution < -0.4 is 5.32 Å². The Balaban J connectivity index is 1.73. The van der Waals surface area contributed by atoms with Gasteiger partial charge >= 0.3 is 6.18 Å². The molecule has 0 atom stereocenters. The first-order valence-electron chi connectivity index (χ1n) is 11.2. The van der Waals surface area contributed by atoms with E-state index >= 15 is 0 Å². The summed E-state index contributed by atoms with van der Waals surface area (Å²) in [6.07, 6.45) is -0.541. The fraction of sp³-hybridized carbons (Fsp3) is 0.696. The summed E-state index contributed by atoms with van der Waals surface area (Å²) in [5.74, 6) is 1.48. The molecular weight excluding hydrogens is 407 g/mol. The van der Waals surface area contributed by atoms with Crippen molar-refractivity contribution in [2.75, 3.05) is 53.1 Å². The Morgan fingerprint density at radius 2 is 2.03 bits per heavy atom. The van der Waals surface area contributed by atoms with Gasteiger partial charge in [0.2, 0.25) is 0 Å². The first-order chi connectivity index (χ1) is 14.8. The van der Waals surface area contributed by atoms with E-state index in [-0.39, 0.29) is 0 Å². The van der Waals surface area contributed by atoms with Crippen molar-refractivity contribution in [1.82, 2.24) is 10.2 Å². The van der Waals surface area contributed by atoms with E-state index < -0.39 is 17.2 Å². The maximum absolute atomic E-state index is 13.3. The fourth-order valence-electron chi connectivity index (χ4n) is 3.86. The van der Waals surface area contributed by atoms with Crippen molar-refractivity contribution in [2.45, 2.75) is 44.2 Å². The fourth-order valence-corrected chi connectivity index (χ4v) is 3.86. The number of alkyl halides is 3. The van der Waals surface area contributed by atoms with Gasteiger partial charge in [-0.2, -0.15) is 13.2 Å². The lowest BCUT2D eigenvalue weighted by Crippen LogP contribution is -2.43. The summed E-state index contributed by atoms with van der Waals surface area (Å²) in [5, 5.41) is 3.30. The Morgan fingerprint density at radius 1 is 1.29 bits per heavy atom. The van der Waals surface area contributed by atoms with Crippen molar-refractivity contribution < 1.29 is 22.6 Å². The molecule has 174 valence electrons. The molecule has 31 heavy (non-hydrogen) atoms. The van der Waals surface area contributed by atoms with E-state index in [2.05, 4.69) is 5.32 Å². The van der Waals surface area contributed by atoms with Crippen molar-refractivity contribution in [2.24, 2.45) is 10.9 Å². The normalized spacial score (nSPS) is 19.3. The SMILES string of the molecule is CCNC(=NCC1(c2cccc(C(F)(F)F)c2)CCOCC1)N(C)CCOCC1CC1. The Hall–Kier alpha value is -1.80. The molecule has 0 spiro atoms. The molecule has 1 heterocycles. The minimum atomic E-state index is -4.36. The van der Waals surface area contributed by atoms with E-state index in [9.17, 15) is 13.2 Å². The summed E-state index contributed by atoms with van der Waals surface area (Å²) < 4.78 is 51.2. The van der Waals surface area contributed by atoms with Crippen LogP contribution in [0.5, 0.6) is 0 Å². The van der Waals surface area contributed by atoms with Crippen LogP contribution >= 0.6 is 0 Å². The molecule has 2 aliphatic rings. The van der Waals surface area contributed by atoms with Gasteiger partial charge < -0.3 is 19.7 Å². The van der Waals surface area contributed by atoms with Crippen LogP contribution in [0, 0.1) is 5.92 Å². The van der Waals surface area contributed by atoms with Crippen LogP contribution in [0.3, 0.4) is 0 Å². The van der Waals surface area contributed by atoms with Crippen molar-refractivity contribution >= 4 is 5.96 Å². The second-order valence-corrected chi connectivity index (χ2v) is 8.58. The molecule has 1 aliphatic heterocycles. The van der Waals surface area contributed by atoms with Gasteiger partial charge in [-0.1, -0.05) is 18.2 Å². The van der Waals surface area contributed by atoms with Gasteiger partial charge in [-0.15, -0.1) is 0 Å². The lowest BCUT2D eigenvalue weighted by atomic mass is 9.74. The molecule has 1 aromatic carbocycles. The molecule has 3 rings (SSSR count). The molecule has 2 fully saturated rings. The van der Waals surface area contributed by atoms with Gasteiger partial charge in [-0.25, -0.2) is 0 Å². The third-order valence-electron chi connectivity index (χ3n) is 6.10. The molecular formula is C23H34F3N3O2. The Labute approximate surface area is 183 Å². The highest BCUT2D eigenvalue weighted by Gasteiger charge is 2.37. The first kappa shape index (κ1) is 23.9. The minimum absolute atomic E-state index is 0.410. The van der Waals surface area contributed by atoms with E-state index in [0.29, 0.717) is 57.9 Å². The van der Waals surface area contributed by atoms with Crippen molar-refractivity contribution in [1.29, 1.82) is 0 Å². The van der Waals surface area contributed by atoms with Crippen molar-refractivity contribution in [3.8, 4) is 0 Å². The predicted octanol–water partition coefficient (Wildman–Crippen LogP) is 4.08. The number of hydrogen-bond donors (Lipinski definition) is 1. The topological polar surface area (TPSA) is 46.1 Å².